The lowest BCUT2D eigenvalue weighted by Gasteiger charge is -2.40. The summed E-state index contributed by atoms with van der Waals surface area (Å²) in [5.41, 5.74) is -0.292. The van der Waals surface area contributed by atoms with E-state index in [-0.39, 0.29) is 5.54 Å². The van der Waals surface area contributed by atoms with Gasteiger partial charge in [0.25, 0.3) is 0 Å². The summed E-state index contributed by atoms with van der Waals surface area (Å²) in [6, 6.07) is 3.81. The molecule has 3 atom stereocenters. The Kier molecular flexibility index (Phi) is 4.80. The van der Waals surface area contributed by atoms with Crippen LogP contribution in [0.1, 0.15) is 32.1 Å². The second-order valence-corrected chi connectivity index (χ2v) is 6.78. The molecule has 3 fully saturated rings. The van der Waals surface area contributed by atoms with Crippen molar-refractivity contribution in [3.05, 3.63) is 0 Å². The monoisotopic (exact) mass is 292 g/mol. The number of likely N-dealkylation sites (tertiary alicyclic amines) is 1. The first-order valence-corrected chi connectivity index (χ1v) is 8.42. The zero-order chi connectivity index (χ0) is 14.7. The highest BCUT2D eigenvalue weighted by atomic mass is 16.5. The predicted octanol–water partition coefficient (Wildman–Crippen LogP) is 0.817. The summed E-state index contributed by atoms with van der Waals surface area (Å²) in [4.78, 5) is 5.24. The molecule has 0 aromatic heterocycles. The third kappa shape index (κ3) is 3.24. The van der Waals surface area contributed by atoms with E-state index in [2.05, 4.69) is 21.2 Å². The summed E-state index contributed by atoms with van der Waals surface area (Å²) < 4.78 is 5.46. The molecule has 1 saturated carbocycles. The Balaban J connectivity index is 1.57. The minimum absolute atomic E-state index is 0.292. The van der Waals surface area contributed by atoms with Gasteiger partial charge in [-0.2, -0.15) is 5.26 Å². The van der Waals surface area contributed by atoms with Crippen LogP contribution in [-0.2, 0) is 4.74 Å². The second-order valence-electron chi connectivity index (χ2n) is 6.78. The maximum Gasteiger partial charge on any atom is 0.108 e. The van der Waals surface area contributed by atoms with Crippen molar-refractivity contribution in [1.82, 2.24) is 15.1 Å². The molecule has 3 aliphatic rings. The minimum atomic E-state index is -0.292. The minimum Gasteiger partial charge on any atom is -0.379 e. The van der Waals surface area contributed by atoms with E-state index < -0.39 is 0 Å². The van der Waals surface area contributed by atoms with Crippen LogP contribution in [0.4, 0.5) is 0 Å². The molecule has 0 spiro atoms. The van der Waals surface area contributed by atoms with Gasteiger partial charge in [0.2, 0.25) is 0 Å². The van der Waals surface area contributed by atoms with E-state index in [1.165, 1.54) is 25.9 Å². The molecule has 0 bridgehead atoms. The van der Waals surface area contributed by atoms with Crippen LogP contribution in [0.3, 0.4) is 0 Å². The Morgan fingerprint density at radius 2 is 1.95 bits per heavy atom. The molecule has 2 aliphatic heterocycles. The first-order chi connectivity index (χ1) is 10.3. The normalized spacial score (nSPS) is 39.2. The zero-order valence-electron chi connectivity index (χ0n) is 13.2. The zero-order valence-corrected chi connectivity index (χ0v) is 13.2. The van der Waals surface area contributed by atoms with Gasteiger partial charge < -0.3 is 10.1 Å². The van der Waals surface area contributed by atoms with Crippen molar-refractivity contribution in [3.8, 4) is 6.07 Å². The summed E-state index contributed by atoms with van der Waals surface area (Å²) in [5.74, 6) is 0. The number of hydrogen-bond acceptors (Lipinski definition) is 5. The van der Waals surface area contributed by atoms with Crippen molar-refractivity contribution in [2.45, 2.75) is 49.7 Å². The maximum atomic E-state index is 9.50. The van der Waals surface area contributed by atoms with Gasteiger partial charge in [-0.3, -0.25) is 9.80 Å². The quantitative estimate of drug-likeness (QED) is 0.834. The summed E-state index contributed by atoms with van der Waals surface area (Å²) in [6.45, 7) is 6.31. The highest BCUT2D eigenvalue weighted by molar-refractivity contribution is 5.11. The van der Waals surface area contributed by atoms with Gasteiger partial charge >= 0.3 is 0 Å². The van der Waals surface area contributed by atoms with E-state index in [1.807, 2.05) is 7.05 Å². The molecule has 2 saturated heterocycles. The number of ether oxygens (including phenoxy) is 1. The fraction of sp³-hybridized carbons (Fsp3) is 0.938. The third-order valence-electron chi connectivity index (χ3n) is 5.69. The van der Waals surface area contributed by atoms with Gasteiger partial charge in [0.15, 0.2) is 0 Å². The molecular formula is C16H28N4O. The van der Waals surface area contributed by atoms with Gasteiger partial charge in [0, 0.05) is 38.3 Å². The van der Waals surface area contributed by atoms with Crippen LogP contribution in [0.15, 0.2) is 0 Å². The lowest BCUT2D eigenvalue weighted by Crippen LogP contribution is -2.52. The maximum absolute atomic E-state index is 9.50. The largest absolute Gasteiger partial charge is 0.379 e. The van der Waals surface area contributed by atoms with Crippen LogP contribution in [0.5, 0.6) is 0 Å². The number of nitriles is 1. The predicted molar refractivity (Wildman–Crippen MR) is 82.0 cm³/mol. The number of nitrogens with one attached hydrogen (secondary N) is 1. The Bertz CT molecular complexity index is 390. The van der Waals surface area contributed by atoms with Crippen LogP contribution >= 0.6 is 0 Å². The molecule has 0 amide bonds. The van der Waals surface area contributed by atoms with E-state index in [4.69, 9.17) is 4.74 Å². The van der Waals surface area contributed by atoms with Crippen molar-refractivity contribution >= 4 is 0 Å². The van der Waals surface area contributed by atoms with Crippen LogP contribution in [-0.4, -0.2) is 73.9 Å². The van der Waals surface area contributed by atoms with Crippen LogP contribution < -0.4 is 5.32 Å². The molecule has 3 unspecified atom stereocenters. The number of rotatable bonds is 3. The Labute approximate surface area is 128 Å². The smallest absolute Gasteiger partial charge is 0.108 e. The molecule has 21 heavy (non-hydrogen) atoms. The molecule has 118 valence electrons. The first-order valence-electron chi connectivity index (χ1n) is 8.42. The number of nitrogens with zero attached hydrogens (tertiary/aromatic N) is 3. The van der Waals surface area contributed by atoms with E-state index in [0.29, 0.717) is 12.1 Å². The standard InChI is InChI=1S/C16H28N4O/c1-18-16(13-17)5-2-3-14(11-16)20-6-4-15(12-20)19-7-9-21-10-8-19/h14-15,18H,2-12H2,1H3. The second kappa shape index (κ2) is 6.62. The molecule has 1 N–H and O–H groups in total. The molecule has 5 nitrogen and oxygen atoms in total. The van der Waals surface area contributed by atoms with Gasteiger partial charge in [0.1, 0.15) is 5.54 Å². The molecule has 0 aromatic rings. The fourth-order valence-corrected chi connectivity index (χ4v) is 4.28. The van der Waals surface area contributed by atoms with E-state index in [0.717, 1.165) is 45.6 Å². The van der Waals surface area contributed by atoms with Crippen molar-refractivity contribution in [2.75, 3.05) is 46.4 Å². The summed E-state index contributed by atoms with van der Waals surface area (Å²) >= 11 is 0. The number of morpholine rings is 1. The average Bonchev–Trinajstić information content (AvgIpc) is 3.06. The van der Waals surface area contributed by atoms with Crippen molar-refractivity contribution in [2.24, 2.45) is 0 Å². The topological polar surface area (TPSA) is 51.5 Å². The summed E-state index contributed by atoms with van der Waals surface area (Å²) in [7, 11) is 1.94. The van der Waals surface area contributed by atoms with Crippen molar-refractivity contribution in [3.63, 3.8) is 0 Å². The molecule has 0 aromatic carbocycles. The lowest BCUT2D eigenvalue weighted by atomic mass is 9.79. The lowest BCUT2D eigenvalue weighted by molar-refractivity contribution is 0.0166. The first kappa shape index (κ1) is 15.2. The Morgan fingerprint density at radius 3 is 2.67 bits per heavy atom. The summed E-state index contributed by atoms with van der Waals surface area (Å²) in [5, 5.41) is 12.8. The molecule has 1 aliphatic carbocycles. The fourth-order valence-electron chi connectivity index (χ4n) is 4.28. The van der Waals surface area contributed by atoms with Crippen LogP contribution in [0, 0.1) is 11.3 Å². The van der Waals surface area contributed by atoms with Crippen molar-refractivity contribution in [1.29, 1.82) is 5.26 Å². The molecule has 2 heterocycles. The van der Waals surface area contributed by atoms with Crippen LogP contribution in [0.2, 0.25) is 0 Å². The highest BCUT2D eigenvalue weighted by Gasteiger charge is 2.40. The van der Waals surface area contributed by atoms with Gasteiger partial charge in [-0.05, 0) is 39.2 Å². The third-order valence-corrected chi connectivity index (χ3v) is 5.69. The van der Waals surface area contributed by atoms with Crippen LogP contribution in [0.25, 0.3) is 0 Å². The molecule has 3 rings (SSSR count). The van der Waals surface area contributed by atoms with Gasteiger partial charge in [-0.15, -0.1) is 0 Å². The molecule has 0 radical (unpaired) electrons. The highest BCUT2D eigenvalue weighted by Crippen LogP contribution is 2.33. The van der Waals surface area contributed by atoms with E-state index in [9.17, 15) is 5.26 Å². The number of hydrogen-bond donors (Lipinski definition) is 1. The Hall–Kier alpha value is -0.670. The van der Waals surface area contributed by atoms with Gasteiger partial charge in [-0.1, -0.05) is 0 Å². The summed E-state index contributed by atoms with van der Waals surface area (Å²) in [6.07, 6.45) is 5.67. The molecular weight excluding hydrogens is 264 g/mol. The SMILES string of the molecule is CNC1(C#N)CCCC(N2CCC(N3CCOCC3)C2)C1. The van der Waals surface area contributed by atoms with Gasteiger partial charge in [0.05, 0.1) is 19.3 Å². The van der Waals surface area contributed by atoms with E-state index >= 15 is 0 Å². The molecule has 5 heteroatoms. The van der Waals surface area contributed by atoms with Crippen molar-refractivity contribution < 1.29 is 4.74 Å². The Morgan fingerprint density at radius 1 is 1.14 bits per heavy atom. The van der Waals surface area contributed by atoms with Gasteiger partial charge in [-0.25, -0.2) is 0 Å². The van der Waals surface area contributed by atoms with E-state index in [1.54, 1.807) is 0 Å². The average molecular weight is 292 g/mol.